The van der Waals surface area contributed by atoms with Crippen LogP contribution in [0.3, 0.4) is 0 Å². The minimum Gasteiger partial charge on any atom is -0.378 e. The maximum absolute atomic E-state index is 5.64. The number of ether oxygens (including phenoxy) is 1. The van der Waals surface area contributed by atoms with Gasteiger partial charge in [0.2, 0.25) is 5.95 Å². The first kappa shape index (κ1) is 19.9. The maximum Gasteiger partial charge on any atom is 0.219 e. The number of thiophene rings is 1. The number of rotatable bonds is 6. The molecule has 0 spiro atoms. The number of aromatic nitrogens is 4. The van der Waals surface area contributed by atoms with Crippen molar-refractivity contribution in [3.8, 4) is 11.4 Å². The summed E-state index contributed by atoms with van der Waals surface area (Å²) < 4.78 is 6.66. The van der Waals surface area contributed by atoms with Gasteiger partial charge in [0, 0.05) is 43.4 Å². The Labute approximate surface area is 174 Å². The first-order chi connectivity index (χ1) is 14.0. The SMILES string of the molecule is CC(C)CN(C)Cc1cc2nc(-c3cnc(N)nc3)nc(N3CCOCC3)c2s1. The van der Waals surface area contributed by atoms with Gasteiger partial charge in [0.25, 0.3) is 0 Å². The topological polar surface area (TPSA) is 93.3 Å². The lowest BCUT2D eigenvalue weighted by Gasteiger charge is -2.28. The summed E-state index contributed by atoms with van der Waals surface area (Å²) in [5.41, 5.74) is 7.37. The molecule has 0 amide bonds. The lowest BCUT2D eigenvalue weighted by atomic mass is 10.2. The molecule has 1 fully saturated rings. The van der Waals surface area contributed by atoms with Crippen molar-refractivity contribution < 1.29 is 4.74 Å². The Morgan fingerprint density at radius 1 is 1.21 bits per heavy atom. The number of anilines is 2. The first-order valence-electron chi connectivity index (χ1n) is 9.89. The molecule has 0 saturated carbocycles. The predicted molar refractivity (Wildman–Crippen MR) is 117 cm³/mol. The highest BCUT2D eigenvalue weighted by atomic mass is 32.1. The fourth-order valence-corrected chi connectivity index (χ4v) is 4.76. The van der Waals surface area contributed by atoms with E-state index in [1.54, 1.807) is 23.7 Å². The van der Waals surface area contributed by atoms with Gasteiger partial charge in [0.1, 0.15) is 0 Å². The summed E-state index contributed by atoms with van der Waals surface area (Å²) in [5, 5.41) is 0. The Balaban J connectivity index is 1.74. The van der Waals surface area contributed by atoms with Gasteiger partial charge >= 0.3 is 0 Å². The highest BCUT2D eigenvalue weighted by Crippen LogP contribution is 2.34. The second-order valence-corrected chi connectivity index (χ2v) is 8.95. The molecule has 0 atom stereocenters. The molecule has 3 aromatic rings. The van der Waals surface area contributed by atoms with Crippen LogP contribution in [0.15, 0.2) is 18.5 Å². The Hall–Kier alpha value is -2.36. The van der Waals surface area contributed by atoms with Crippen molar-refractivity contribution in [2.75, 3.05) is 50.5 Å². The zero-order chi connectivity index (χ0) is 20.4. The van der Waals surface area contributed by atoms with E-state index in [0.29, 0.717) is 25.0 Å². The largest absolute Gasteiger partial charge is 0.378 e. The molecule has 154 valence electrons. The van der Waals surface area contributed by atoms with Gasteiger partial charge in [-0.2, -0.15) is 0 Å². The average molecular weight is 414 g/mol. The van der Waals surface area contributed by atoms with Crippen molar-refractivity contribution >= 4 is 33.3 Å². The van der Waals surface area contributed by atoms with Crippen molar-refractivity contribution in [3.05, 3.63) is 23.3 Å². The molecule has 0 unspecified atom stereocenters. The number of nitrogens with two attached hydrogens (primary N) is 1. The summed E-state index contributed by atoms with van der Waals surface area (Å²) in [7, 11) is 2.16. The minimum absolute atomic E-state index is 0.245. The number of fused-ring (bicyclic) bond motifs is 1. The van der Waals surface area contributed by atoms with Gasteiger partial charge in [-0.05, 0) is 19.0 Å². The van der Waals surface area contributed by atoms with Crippen molar-refractivity contribution in [1.29, 1.82) is 0 Å². The molecule has 1 saturated heterocycles. The van der Waals surface area contributed by atoms with Crippen molar-refractivity contribution in [2.24, 2.45) is 5.92 Å². The molecule has 1 aliphatic rings. The van der Waals surface area contributed by atoms with Crippen LogP contribution in [0.25, 0.3) is 21.6 Å². The first-order valence-corrected chi connectivity index (χ1v) is 10.7. The molecule has 0 aliphatic carbocycles. The molecule has 8 nitrogen and oxygen atoms in total. The number of nitrogens with zero attached hydrogens (tertiary/aromatic N) is 6. The molecule has 9 heteroatoms. The monoisotopic (exact) mass is 413 g/mol. The molecular weight excluding hydrogens is 386 g/mol. The van der Waals surface area contributed by atoms with Crippen LogP contribution in [-0.2, 0) is 11.3 Å². The zero-order valence-corrected chi connectivity index (χ0v) is 17.9. The van der Waals surface area contributed by atoms with E-state index in [2.05, 4.69) is 46.7 Å². The lowest BCUT2D eigenvalue weighted by Crippen LogP contribution is -2.36. The molecule has 4 rings (SSSR count). The molecule has 29 heavy (non-hydrogen) atoms. The fraction of sp³-hybridized carbons (Fsp3) is 0.500. The summed E-state index contributed by atoms with van der Waals surface area (Å²) in [6.45, 7) is 9.51. The maximum atomic E-state index is 5.64. The average Bonchev–Trinajstić information content (AvgIpc) is 3.10. The molecule has 0 radical (unpaired) electrons. The van der Waals surface area contributed by atoms with Crippen molar-refractivity contribution in [3.63, 3.8) is 0 Å². The quantitative estimate of drug-likeness (QED) is 0.659. The van der Waals surface area contributed by atoms with E-state index in [4.69, 9.17) is 20.4 Å². The highest BCUT2D eigenvalue weighted by molar-refractivity contribution is 7.19. The smallest absolute Gasteiger partial charge is 0.219 e. The minimum atomic E-state index is 0.245. The Kier molecular flexibility index (Phi) is 5.89. The van der Waals surface area contributed by atoms with Crippen LogP contribution in [0, 0.1) is 5.92 Å². The molecule has 0 aromatic carbocycles. The third-order valence-electron chi connectivity index (χ3n) is 4.75. The van der Waals surface area contributed by atoms with Gasteiger partial charge in [-0.25, -0.2) is 19.9 Å². The van der Waals surface area contributed by atoms with Gasteiger partial charge in [-0.1, -0.05) is 13.8 Å². The van der Waals surface area contributed by atoms with E-state index in [1.165, 1.54) is 4.88 Å². The van der Waals surface area contributed by atoms with Gasteiger partial charge in [0.05, 0.1) is 29.0 Å². The molecule has 2 N–H and O–H groups in total. The molecule has 3 aromatic heterocycles. The number of nitrogen functional groups attached to an aromatic ring is 1. The van der Waals surface area contributed by atoms with Gasteiger partial charge in [0.15, 0.2) is 11.6 Å². The summed E-state index contributed by atoms with van der Waals surface area (Å²) in [6.07, 6.45) is 3.35. The number of hydrogen-bond acceptors (Lipinski definition) is 9. The second-order valence-electron chi connectivity index (χ2n) is 7.82. The predicted octanol–water partition coefficient (Wildman–Crippen LogP) is 2.65. The third kappa shape index (κ3) is 4.63. The van der Waals surface area contributed by atoms with Crippen molar-refractivity contribution in [1.82, 2.24) is 24.8 Å². The third-order valence-corrected chi connectivity index (χ3v) is 5.85. The van der Waals surface area contributed by atoms with Crippen LogP contribution in [-0.4, -0.2) is 64.7 Å². The molecule has 4 heterocycles. The molecular formula is C20H27N7OS. The van der Waals surface area contributed by atoms with Crippen LogP contribution in [0.4, 0.5) is 11.8 Å². The highest BCUT2D eigenvalue weighted by Gasteiger charge is 2.20. The Bertz CT molecular complexity index is 967. The Morgan fingerprint density at radius 2 is 1.93 bits per heavy atom. The van der Waals surface area contributed by atoms with E-state index in [0.717, 1.165) is 47.8 Å². The van der Waals surface area contributed by atoms with Gasteiger partial charge < -0.3 is 20.3 Å². The zero-order valence-electron chi connectivity index (χ0n) is 17.1. The normalized spacial score (nSPS) is 15.0. The van der Waals surface area contributed by atoms with E-state index in [-0.39, 0.29) is 5.95 Å². The summed E-state index contributed by atoms with van der Waals surface area (Å²) in [4.78, 5) is 23.8. The van der Waals surface area contributed by atoms with Crippen LogP contribution in [0.5, 0.6) is 0 Å². The van der Waals surface area contributed by atoms with Crippen molar-refractivity contribution in [2.45, 2.75) is 20.4 Å². The lowest BCUT2D eigenvalue weighted by molar-refractivity contribution is 0.122. The molecule has 0 bridgehead atoms. The summed E-state index contributed by atoms with van der Waals surface area (Å²) in [5.74, 6) is 2.47. The van der Waals surface area contributed by atoms with E-state index in [1.807, 2.05) is 0 Å². The van der Waals surface area contributed by atoms with Crippen LogP contribution in [0.1, 0.15) is 18.7 Å². The van der Waals surface area contributed by atoms with Gasteiger partial charge in [-0.15, -0.1) is 11.3 Å². The van der Waals surface area contributed by atoms with Gasteiger partial charge in [-0.3, -0.25) is 0 Å². The second kappa shape index (κ2) is 8.56. The summed E-state index contributed by atoms with van der Waals surface area (Å²) >= 11 is 1.78. The number of hydrogen-bond donors (Lipinski definition) is 1. The summed E-state index contributed by atoms with van der Waals surface area (Å²) in [6, 6.07) is 2.18. The van der Waals surface area contributed by atoms with Crippen LogP contribution >= 0.6 is 11.3 Å². The standard InChI is InChI=1S/C20H27N7OS/c1-13(2)11-26(3)12-15-8-16-17(29-15)19(27-4-6-28-7-5-27)25-18(24-16)14-9-22-20(21)23-10-14/h8-10,13H,4-7,11-12H2,1-3H3,(H2,21,22,23). The van der Waals surface area contributed by atoms with E-state index < -0.39 is 0 Å². The Morgan fingerprint density at radius 3 is 2.62 bits per heavy atom. The fourth-order valence-electron chi connectivity index (χ4n) is 3.57. The van der Waals surface area contributed by atoms with Crippen LogP contribution < -0.4 is 10.6 Å². The van der Waals surface area contributed by atoms with E-state index >= 15 is 0 Å². The van der Waals surface area contributed by atoms with Crippen LogP contribution in [0.2, 0.25) is 0 Å². The van der Waals surface area contributed by atoms with E-state index in [9.17, 15) is 0 Å². The molecule has 1 aliphatic heterocycles. The number of morpholine rings is 1.